The molecule has 0 saturated carbocycles. The second kappa shape index (κ2) is 5.58. The van der Waals surface area contributed by atoms with Crippen LogP contribution >= 0.6 is 0 Å². The highest BCUT2D eigenvalue weighted by Gasteiger charge is 2.14. The van der Waals surface area contributed by atoms with Gasteiger partial charge in [-0.3, -0.25) is 4.90 Å². The van der Waals surface area contributed by atoms with Crippen LogP contribution in [-0.4, -0.2) is 49.2 Å². The molecule has 1 aliphatic heterocycles. The molecule has 0 bridgehead atoms. The number of rotatable bonds is 4. The molecular weight excluding hydrogens is 162 g/mol. The van der Waals surface area contributed by atoms with Gasteiger partial charge in [0.25, 0.3) is 0 Å². The van der Waals surface area contributed by atoms with Crippen LogP contribution in [0.2, 0.25) is 0 Å². The van der Waals surface area contributed by atoms with Gasteiger partial charge in [0, 0.05) is 32.8 Å². The quantitative estimate of drug-likeness (QED) is 0.695. The maximum Gasteiger partial charge on any atom is 0.0456 e. The fraction of sp³-hybridized carbons (Fsp3) is 1.00. The lowest BCUT2D eigenvalue weighted by atomic mass is 10.1. The van der Waals surface area contributed by atoms with E-state index < -0.39 is 0 Å². The molecular formula is C10H23N3. The third kappa shape index (κ3) is 4.07. The van der Waals surface area contributed by atoms with Crippen LogP contribution in [-0.2, 0) is 0 Å². The highest BCUT2D eigenvalue weighted by molar-refractivity contribution is 4.70. The fourth-order valence-electron chi connectivity index (χ4n) is 1.64. The Morgan fingerprint density at radius 1 is 1.08 bits per heavy atom. The van der Waals surface area contributed by atoms with Crippen molar-refractivity contribution < 1.29 is 0 Å². The van der Waals surface area contributed by atoms with E-state index >= 15 is 0 Å². The monoisotopic (exact) mass is 185 g/mol. The summed E-state index contributed by atoms with van der Waals surface area (Å²) in [5.74, 6) is 0.826. The van der Waals surface area contributed by atoms with E-state index in [-0.39, 0.29) is 0 Å². The highest BCUT2D eigenvalue weighted by atomic mass is 15.3. The van der Waals surface area contributed by atoms with Gasteiger partial charge in [0.2, 0.25) is 0 Å². The molecule has 1 saturated heterocycles. The van der Waals surface area contributed by atoms with Crippen LogP contribution in [0.4, 0.5) is 0 Å². The molecule has 0 aromatic carbocycles. The average molecular weight is 185 g/mol. The van der Waals surface area contributed by atoms with Gasteiger partial charge < -0.3 is 10.6 Å². The maximum absolute atomic E-state index is 5.58. The summed E-state index contributed by atoms with van der Waals surface area (Å²) in [6.45, 7) is 11.2. The minimum absolute atomic E-state index is 0.720. The summed E-state index contributed by atoms with van der Waals surface area (Å²) < 4.78 is 0. The second-order valence-electron chi connectivity index (χ2n) is 4.32. The van der Waals surface area contributed by atoms with E-state index in [2.05, 4.69) is 23.6 Å². The largest absolute Gasteiger partial charge is 0.318 e. The van der Waals surface area contributed by atoms with Gasteiger partial charge in [0.1, 0.15) is 0 Å². The SMILES string of the molecule is CC(C)CCN1CCN(CN)CC1. The smallest absolute Gasteiger partial charge is 0.0456 e. The fourth-order valence-corrected chi connectivity index (χ4v) is 1.64. The first-order valence-corrected chi connectivity index (χ1v) is 5.37. The van der Waals surface area contributed by atoms with Crippen molar-refractivity contribution in [3.8, 4) is 0 Å². The summed E-state index contributed by atoms with van der Waals surface area (Å²) in [6, 6.07) is 0. The average Bonchev–Trinajstić information content (AvgIpc) is 2.15. The summed E-state index contributed by atoms with van der Waals surface area (Å²) in [7, 11) is 0. The zero-order chi connectivity index (χ0) is 9.68. The maximum atomic E-state index is 5.58. The number of nitrogens with zero attached hydrogens (tertiary/aromatic N) is 2. The van der Waals surface area contributed by atoms with Crippen molar-refractivity contribution in [2.45, 2.75) is 20.3 Å². The van der Waals surface area contributed by atoms with Crippen LogP contribution in [0, 0.1) is 5.92 Å². The minimum atomic E-state index is 0.720. The molecule has 2 N–H and O–H groups in total. The van der Waals surface area contributed by atoms with Gasteiger partial charge in [-0.1, -0.05) is 13.8 Å². The number of hydrogen-bond acceptors (Lipinski definition) is 3. The molecule has 0 aromatic rings. The van der Waals surface area contributed by atoms with Crippen LogP contribution in [0.1, 0.15) is 20.3 Å². The molecule has 0 atom stereocenters. The van der Waals surface area contributed by atoms with E-state index in [1.165, 1.54) is 26.1 Å². The molecule has 1 heterocycles. The molecule has 0 radical (unpaired) electrons. The van der Waals surface area contributed by atoms with Gasteiger partial charge in [-0.2, -0.15) is 0 Å². The third-order valence-electron chi connectivity index (χ3n) is 2.75. The van der Waals surface area contributed by atoms with E-state index in [0.29, 0.717) is 0 Å². The van der Waals surface area contributed by atoms with Crippen molar-refractivity contribution in [2.24, 2.45) is 11.7 Å². The van der Waals surface area contributed by atoms with Crippen molar-refractivity contribution in [3.63, 3.8) is 0 Å². The number of hydrogen-bond donors (Lipinski definition) is 1. The zero-order valence-corrected chi connectivity index (χ0v) is 9.00. The van der Waals surface area contributed by atoms with E-state index in [1.54, 1.807) is 0 Å². The first-order valence-electron chi connectivity index (χ1n) is 5.37. The lowest BCUT2D eigenvalue weighted by Crippen LogP contribution is -2.48. The molecule has 1 fully saturated rings. The lowest BCUT2D eigenvalue weighted by Gasteiger charge is -2.34. The van der Waals surface area contributed by atoms with Crippen molar-refractivity contribution >= 4 is 0 Å². The Morgan fingerprint density at radius 2 is 1.62 bits per heavy atom. The summed E-state index contributed by atoms with van der Waals surface area (Å²) >= 11 is 0. The molecule has 0 amide bonds. The van der Waals surface area contributed by atoms with Gasteiger partial charge in [-0.05, 0) is 18.9 Å². The number of nitrogens with two attached hydrogens (primary N) is 1. The standard InChI is InChI=1S/C10H23N3/c1-10(2)3-4-12-5-7-13(9-11)8-6-12/h10H,3-9,11H2,1-2H3. The molecule has 13 heavy (non-hydrogen) atoms. The Labute approximate surface area is 81.9 Å². The van der Waals surface area contributed by atoms with E-state index in [1.807, 2.05) is 0 Å². The van der Waals surface area contributed by atoms with Crippen LogP contribution in [0.3, 0.4) is 0 Å². The molecule has 0 unspecified atom stereocenters. The van der Waals surface area contributed by atoms with Crippen LogP contribution in [0.5, 0.6) is 0 Å². The topological polar surface area (TPSA) is 32.5 Å². The Bertz CT molecular complexity index is 128. The predicted octanol–water partition coefficient (Wildman–Crippen LogP) is 0.566. The Kier molecular flexibility index (Phi) is 4.70. The van der Waals surface area contributed by atoms with Crippen LogP contribution < -0.4 is 5.73 Å². The van der Waals surface area contributed by atoms with Gasteiger partial charge in [-0.15, -0.1) is 0 Å². The van der Waals surface area contributed by atoms with Crippen molar-refractivity contribution in [3.05, 3.63) is 0 Å². The second-order valence-corrected chi connectivity index (χ2v) is 4.32. The molecule has 1 rings (SSSR count). The van der Waals surface area contributed by atoms with Gasteiger partial charge in [-0.25, -0.2) is 0 Å². The van der Waals surface area contributed by atoms with Crippen molar-refractivity contribution in [1.82, 2.24) is 9.80 Å². The van der Waals surface area contributed by atoms with Gasteiger partial charge >= 0.3 is 0 Å². The van der Waals surface area contributed by atoms with Gasteiger partial charge in [0.15, 0.2) is 0 Å². The summed E-state index contributed by atoms with van der Waals surface area (Å²) in [5.41, 5.74) is 5.58. The molecule has 3 nitrogen and oxygen atoms in total. The first kappa shape index (κ1) is 11.0. The third-order valence-corrected chi connectivity index (χ3v) is 2.75. The van der Waals surface area contributed by atoms with Gasteiger partial charge in [0.05, 0.1) is 0 Å². The number of piperazine rings is 1. The molecule has 1 aliphatic rings. The molecule has 0 spiro atoms. The Balaban J connectivity index is 2.10. The molecule has 0 aliphatic carbocycles. The summed E-state index contributed by atoms with van der Waals surface area (Å²) in [4.78, 5) is 4.86. The molecule has 0 aromatic heterocycles. The van der Waals surface area contributed by atoms with Crippen molar-refractivity contribution in [2.75, 3.05) is 39.4 Å². The van der Waals surface area contributed by atoms with E-state index in [0.717, 1.165) is 25.7 Å². The lowest BCUT2D eigenvalue weighted by molar-refractivity contribution is 0.130. The first-order chi connectivity index (χ1) is 6.22. The zero-order valence-electron chi connectivity index (χ0n) is 9.00. The van der Waals surface area contributed by atoms with Crippen LogP contribution in [0.25, 0.3) is 0 Å². The Hall–Kier alpha value is -0.120. The normalized spacial score (nSPS) is 21.2. The molecule has 78 valence electrons. The highest BCUT2D eigenvalue weighted by Crippen LogP contribution is 2.05. The Morgan fingerprint density at radius 3 is 2.08 bits per heavy atom. The predicted molar refractivity (Wildman–Crippen MR) is 56.5 cm³/mol. The van der Waals surface area contributed by atoms with Crippen LogP contribution in [0.15, 0.2) is 0 Å². The summed E-state index contributed by atoms with van der Waals surface area (Å²) in [6.07, 6.45) is 1.32. The van der Waals surface area contributed by atoms with Crippen molar-refractivity contribution in [1.29, 1.82) is 0 Å². The summed E-state index contributed by atoms with van der Waals surface area (Å²) in [5, 5.41) is 0. The minimum Gasteiger partial charge on any atom is -0.318 e. The van der Waals surface area contributed by atoms with E-state index in [4.69, 9.17) is 5.73 Å². The van der Waals surface area contributed by atoms with E-state index in [9.17, 15) is 0 Å². The molecule has 3 heteroatoms.